The molecule has 1 N–H and O–H groups in total. The van der Waals surface area contributed by atoms with Crippen molar-refractivity contribution in [1.29, 1.82) is 0 Å². The molecule has 0 unspecified atom stereocenters. The minimum atomic E-state index is -0.779. The lowest BCUT2D eigenvalue weighted by Gasteiger charge is -2.44. The summed E-state index contributed by atoms with van der Waals surface area (Å²) in [6.07, 6.45) is 1.72. The Morgan fingerprint density at radius 3 is 2.50 bits per heavy atom. The molecule has 0 aromatic heterocycles. The lowest BCUT2D eigenvalue weighted by atomic mass is 9.65. The molecule has 1 fully saturated rings. The molecule has 1 aliphatic carbocycles. The second-order valence-electron chi connectivity index (χ2n) is 6.66. The molecule has 0 amide bonds. The number of benzene rings is 2. The van der Waals surface area contributed by atoms with Crippen LogP contribution in [0, 0.1) is 5.92 Å². The van der Waals surface area contributed by atoms with E-state index in [1.807, 2.05) is 30.3 Å². The Kier molecular flexibility index (Phi) is 3.77. The van der Waals surface area contributed by atoms with E-state index < -0.39 is 5.60 Å². The molecule has 1 aliphatic heterocycles. The minimum absolute atomic E-state index is 0.0899. The number of fused-ring (bicyclic) bond motifs is 1. The van der Waals surface area contributed by atoms with E-state index >= 15 is 0 Å². The largest absolute Gasteiger partial charge is 0.486 e. The summed E-state index contributed by atoms with van der Waals surface area (Å²) in [5, 5.41) is 10.6. The fourth-order valence-corrected chi connectivity index (χ4v) is 3.62. The van der Waals surface area contributed by atoms with Crippen LogP contribution in [0.15, 0.2) is 48.5 Å². The van der Waals surface area contributed by atoms with Crippen LogP contribution in [0.2, 0.25) is 0 Å². The van der Waals surface area contributed by atoms with Crippen LogP contribution in [-0.2, 0) is 5.60 Å². The second kappa shape index (κ2) is 5.95. The second-order valence-corrected chi connectivity index (χ2v) is 6.66. The highest BCUT2D eigenvalue weighted by atomic mass is 16.6. The van der Waals surface area contributed by atoms with Crippen LogP contribution in [0.25, 0.3) is 0 Å². The van der Waals surface area contributed by atoms with E-state index in [4.69, 9.17) is 9.47 Å². The summed E-state index contributed by atoms with van der Waals surface area (Å²) in [5.74, 6) is 1.64. The molecule has 2 aromatic rings. The molecule has 0 saturated heterocycles. The molecule has 124 valence electrons. The van der Waals surface area contributed by atoms with Crippen LogP contribution in [0.3, 0.4) is 0 Å². The first-order chi connectivity index (χ1) is 11.6. The number of rotatable bonds is 4. The van der Waals surface area contributed by atoms with Crippen molar-refractivity contribution in [3.05, 3.63) is 59.7 Å². The van der Waals surface area contributed by atoms with Crippen molar-refractivity contribution in [3.63, 3.8) is 0 Å². The fraction of sp³-hybridized carbons (Fsp3) is 0.350. The van der Waals surface area contributed by atoms with Crippen LogP contribution in [0.4, 0.5) is 0 Å². The van der Waals surface area contributed by atoms with Gasteiger partial charge in [0.15, 0.2) is 17.3 Å². The fourth-order valence-electron chi connectivity index (χ4n) is 3.62. The lowest BCUT2D eigenvalue weighted by Crippen LogP contribution is -2.41. The summed E-state index contributed by atoms with van der Waals surface area (Å²) in [6.45, 7) is 1.05. The van der Waals surface area contributed by atoms with Crippen LogP contribution in [0.5, 0.6) is 11.5 Å². The van der Waals surface area contributed by atoms with Gasteiger partial charge >= 0.3 is 0 Å². The maximum Gasteiger partial charge on any atom is 0.163 e. The smallest absolute Gasteiger partial charge is 0.163 e. The Hall–Kier alpha value is -2.33. The summed E-state index contributed by atoms with van der Waals surface area (Å²) in [5.41, 5.74) is 0.807. The predicted octanol–water partition coefficient (Wildman–Crippen LogP) is 3.33. The Bertz CT molecular complexity index is 747. The van der Waals surface area contributed by atoms with Gasteiger partial charge in [-0.1, -0.05) is 30.3 Å². The Morgan fingerprint density at radius 1 is 1.04 bits per heavy atom. The summed E-state index contributed by atoms with van der Waals surface area (Å²) in [7, 11) is 0. The number of ether oxygens (including phenoxy) is 2. The van der Waals surface area contributed by atoms with E-state index in [1.54, 1.807) is 18.2 Å². The van der Waals surface area contributed by atoms with E-state index in [0.29, 0.717) is 49.5 Å². The monoisotopic (exact) mass is 324 g/mol. The molecule has 4 nitrogen and oxygen atoms in total. The molecule has 1 heterocycles. The van der Waals surface area contributed by atoms with E-state index in [9.17, 15) is 9.90 Å². The van der Waals surface area contributed by atoms with Crippen LogP contribution >= 0.6 is 0 Å². The maximum absolute atomic E-state index is 12.5. The van der Waals surface area contributed by atoms with E-state index in [1.165, 1.54) is 0 Å². The molecule has 0 bridgehead atoms. The molecular formula is C20H20O4. The summed E-state index contributed by atoms with van der Waals surface area (Å²) >= 11 is 0. The van der Waals surface area contributed by atoms with Gasteiger partial charge in [0.05, 0.1) is 5.60 Å². The molecule has 4 rings (SSSR count). The molecular weight excluding hydrogens is 304 g/mol. The maximum atomic E-state index is 12.5. The van der Waals surface area contributed by atoms with Gasteiger partial charge in [-0.05, 0) is 42.5 Å². The van der Waals surface area contributed by atoms with Gasteiger partial charge in [-0.3, -0.25) is 4.79 Å². The van der Waals surface area contributed by atoms with Gasteiger partial charge in [0.2, 0.25) is 0 Å². The zero-order chi connectivity index (χ0) is 16.6. The third-order valence-corrected chi connectivity index (χ3v) is 4.90. The quantitative estimate of drug-likeness (QED) is 0.877. The normalized spacial score (nSPS) is 25.0. The highest BCUT2D eigenvalue weighted by Gasteiger charge is 2.44. The third-order valence-electron chi connectivity index (χ3n) is 4.90. The Morgan fingerprint density at radius 2 is 1.75 bits per heavy atom. The number of hydrogen-bond donors (Lipinski definition) is 1. The number of Topliss-reactive ketones (excluding diaryl/α,β-unsaturated/α-hetero) is 1. The van der Waals surface area contributed by atoms with Gasteiger partial charge in [0.25, 0.3) is 0 Å². The number of ketones is 1. The average Bonchev–Trinajstić information content (AvgIpc) is 2.60. The summed E-state index contributed by atoms with van der Waals surface area (Å²) < 4.78 is 11.0. The number of aliphatic hydroxyl groups is 1. The van der Waals surface area contributed by atoms with Gasteiger partial charge in [0.1, 0.15) is 13.2 Å². The third kappa shape index (κ3) is 2.78. The van der Waals surface area contributed by atoms with Gasteiger partial charge in [-0.25, -0.2) is 0 Å². The molecule has 2 aromatic carbocycles. The van der Waals surface area contributed by atoms with E-state index in [2.05, 4.69) is 0 Å². The first-order valence-electron chi connectivity index (χ1n) is 8.35. The van der Waals surface area contributed by atoms with Gasteiger partial charge in [-0.15, -0.1) is 0 Å². The van der Waals surface area contributed by atoms with Crippen molar-refractivity contribution >= 4 is 5.78 Å². The van der Waals surface area contributed by atoms with Crippen molar-refractivity contribution in [3.8, 4) is 11.5 Å². The van der Waals surface area contributed by atoms with Crippen molar-refractivity contribution in [2.45, 2.75) is 24.9 Å². The van der Waals surface area contributed by atoms with Crippen molar-refractivity contribution in [2.24, 2.45) is 5.92 Å². The number of hydrogen-bond acceptors (Lipinski definition) is 4. The van der Waals surface area contributed by atoms with Crippen molar-refractivity contribution < 1.29 is 19.4 Å². The highest BCUT2D eigenvalue weighted by molar-refractivity contribution is 5.97. The van der Waals surface area contributed by atoms with Crippen LogP contribution < -0.4 is 9.47 Å². The van der Waals surface area contributed by atoms with Crippen LogP contribution in [-0.4, -0.2) is 24.1 Å². The Balaban J connectivity index is 1.40. The number of carbonyl (C=O) groups excluding carboxylic acids is 1. The predicted molar refractivity (Wildman–Crippen MR) is 89.4 cm³/mol. The molecule has 0 radical (unpaired) electrons. The van der Waals surface area contributed by atoms with Crippen molar-refractivity contribution in [2.75, 3.05) is 13.2 Å². The van der Waals surface area contributed by atoms with Gasteiger partial charge in [0, 0.05) is 12.0 Å². The first kappa shape index (κ1) is 15.2. The summed E-state index contributed by atoms with van der Waals surface area (Å²) in [4.78, 5) is 12.5. The van der Waals surface area contributed by atoms with E-state index in [0.717, 1.165) is 5.56 Å². The van der Waals surface area contributed by atoms with Crippen molar-refractivity contribution in [1.82, 2.24) is 0 Å². The standard InChI is InChI=1S/C20H20O4/c21-17(15-6-7-18-19(11-15)24-9-8-23-18)10-14-12-20(22,13-14)16-4-2-1-3-5-16/h1-7,11,14,22H,8-10,12-13H2. The number of carbonyl (C=O) groups is 1. The highest BCUT2D eigenvalue weighted by Crippen LogP contribution is 2.47. The molecule has 2 aliphatic rings. The SMILES string of the molecule is O=C(CC1CC(O)(c2ccccc2)C1)c1ccc2c(c1)OCCO2. The van der Waals surface area contributed by atoms with Gasteiger partial charge < -0.3 is 14.6 Å². The minimum Gasteiger partial charge on any atom is -0.486 e. The molecule has 1 saturated carbocycles. The van der Waals surface area contributed by atoms with E-state index in [-0.39, 0.29) is 11.7 Å². The van der Waals surface area contributed by atoms with Gasteiger partial charge in [-0.2, -0.15) is 0 Å². The lowest BCUT2D eigenvalue weighted by molar-refractivity contribution is -0.0791. The molecule has 0 spiro atoms. The first-order valence-corrected chi connectivity index (χ1v) is 8.35. The molecule has 0 atom stereocenters. The topological polar surface area (TPSA) is 55.8 Å². The average molecular weight is 324 g/mol. The summed E-state index contributed by atoms with van der Waals surface area (Å²) in [6, 6.07) is 15.0. The molecule has 24 heavy (non-hydrogen) atoms. The Labute approximate surface area is 141 Å². The zero-order valence-electron chi connectivity index (χ0n) is 13.4. The van der Waals surface area contributed by atoms with Crippen LogP contribution in [0.1, 0.15) is 35.2 Å². The zero-order valence-corrected chi connectivity index (χ0v) is 13.4. The molecule has 4 heteroatoms.